The van der Waals surface area contributed by atoms with E-state index in [1.807, 2.05) is 4.90 Å². The molecule has 0 bridgehead atoms. The Bertz CT molecular complexity index is 749. The first-order valence-corrected chi connectivity index (χ1v) is 14.2. The number of carbonyl (C=O) groups excluding carboxylic acids is 2. The molecule has 2 aliphatic heterocycles. The van der Waals surface area contributed by atoms with Gasteiger partial charge >= 0.3 is 0 Å². The summed E-state index contributed by atoms with van der Waals surface area (Å²) in [7, 11) is 0. The Morgan fingerprint density at radius 3 is 2.51 bits per heavy atom. The van der Waals surface area contributed by atoms with Gasteiger partial charge in [0.25, 0.3) is 0 Å². The van der Waals surface area contributed by atoms with E-state index in [2.05, 4.69) is 5.48 Å². The van der Waals surface area contributed by atoms with E-state index in [1.165, 1.54) is 12.8 Å². The van der Waals surface area contributed by atoms with E-state index in [0.717, 1.165) is 77.6 Å². The topological polar surface area (TPSA) is 114 Å². The number of piperidine rings is 1. The summed E-state index contributed by atoms with van der Waals surface area (Å²) in [6.45, 7) is 3.12. The number of amides is 2. The molecule has 5 aliphatic rings. The van der Waals surface area contributed by atoms with Gasteiger partial charge in [0.05, 0.1) is 30.8 Å². The zero-order valence-corrected chi connectivity index (χ0v) is 21.2. The molecule has 8 heteroatoms. The normalized spacial score (nSPS) is 37.7. The molecule has 3 saturated carbocycles. The molecule has 5 rings (SSSR count). The van der Waals surface area contributed by atoms with E-state index in [4.69, 9.17) is 15.3 Å². The summed E-state index contributed by atoms with van der Waals surface area (Å²) in [6.07, 6.45) is 12.1. The fourth-order valence-corrected chi connectivity index (χ4v) is 7.69. The molecule has 6 atom stereocenters. The van der Waals surface area contributed by atoms with Crippen molar-refractivity contribution < 1.29 is 24.3 Å². The van der Waals surface area contributed by atoms with Gasteiger partial charge < -0.3 is 20.5 Å². The molecule has 2 heterocycles. The maximum Gasteiger partial charge on any atom is 0.249 e. The Morgan fingerprint density at radius 1 is 1.03 bits per heavy atom. The molecule has 8 nitrogen and oxygen atoms in total. The summed E-state index contributed by atoms with van der Waals surface area (Å²) < 4.78 is 6.24. The monoisotopic (exact) mass is 491 g/mol. The largest absolute Gasteiger partial charge is 0.392 e. The fourth-order valence-electron chi connectivity index (χ4n) is 7.69. The zero-order valence-electron chi connectivity index (χ0n) is 21.2. The van der Waals surface area contributed by atoms with Crippen LogP contribution in [0.25, 0.3) is 0 Å². The Kier molecular flexibility index (Phi) is 8.02. The Hall–Kier alpha value is -1.22. The number of nitrogens with one attached hydrogen (secondary N) is 1. The number of likely N-dealkylation sites (tertiary alicyclic amines) is 1. The van der Waals surface area contributed by atoms with E-state index in [1.54, 1.807) is 0 Å². The van der Waals surface area contributed by atoms with Crippen molar-refractivity contribution >= 4 is 11.8 Å². The minimum Gasteiger partial charge on any atom is -0.392 e. The van der Waals surface area contributed by atoms with Gasteiger partial charge in [-0.25, -0.2) is 5.48 Å². The summed E-state index contributed by atoms with van der Waals surface area (Å²) in [4.78, 5) is 33.6. The molecule has 35 heavy (non-hydrogen) atoms. The van der Waals surface area contributed by atoms with E-state index in [-0.39, 0.29) is 29.3 Å². The molecule has 1 spiro atoms. The second-order valence-corrected chi connectivity index (χ2v) is 12.1. The predicted octanol–water partition coefficient (Wildman–Crippen LogP) is 2.53. The molecule has 4 N–H and O–H groups in total. The summed E-state index contributed by atoms with van der Waals surface area (Å²) in [5, 5.41) is 10.7. The van der Waals surface area contributed by atoms with Gasteiger partial charge in [0.2, 0.25) is 11.8 Å². The molecule has 2 saturated heterocycles. The number of aliphatic hydroxyl groups excluding tert-OH is 1. The van der Waals surface area contributed by atoms with E-state index >= 15 is 0 Å². The van der Waals surface area contributed by atoms with Crippen LogP contribution in [0.2, 0.25) is 0 Å². The van der Waals surface area contributed by atoms with Crippen molar-refractivity contribution in [3.8, 4) is 0 Å². The lowest BCUT2D eigenvalue weighted by molar-refractivity contribution is -0.153. The molecule has 0 aromatic carbocycles. The van der Waals surface area contributed by atoms with Gasteiger partial charge in [-0.05, 0) is 82.6 Å². The number of nitrogens with zero attached hydrogens (tertiary/aromatic N) is 1. The van der Waals surface area contributed by atoms with Crippen molar-refractivity contribution in [2.75, 3.05) is 26.2 Å². The number of hydrogen-bond acceptors (Lipinski definition) is 6. The number of aliphatic hydroxyl groups is 1. The number of hydroxylamine groups is 1. The molecule has 3 aliphatic carbocycles. The highest BCUT2D eigenvalue weighted by Gasteiger charge is 2.53. The van der Waals surface area contributed by atoms with Crippen LogP contribution in [0.3, 0.4) is 0 Å². The number of nitrogens with two attached hydrogens (primary N) is 1. The average molecular weight is 492 g/mol. The van der Waals surface area contributed by atoms with E-state index in [9.17, 15) is 14.7 Å². The number of rotatable bonds is 5. The minimum absolute atomic E-state index is 0.0838. The Morgan fingerprint density at radius 2 is 1.80 bits per heavy atom. The number of ether oxygens (including phenoxy) is 1. The molecular formula is C27H45N3O5. The molecule has 0 aromatic rings. The van der Waals surface area contributed by atoms with Crippen LogP contribution in [0.5, 0.6) is 0 Å². The lowest BCUT2D eigenvalue weighted by Gasteiger charge is -2.46. The van der Waals surface area contributed by atoms with Gasteiger partial charge in [-0.3, -0.25) is 14.4 Å². The molecular weight excluding hydrogens is 446 g/mol. The molecule has 198 valence electrons. The summed E-state index contributed by atoms with van der Waals surface area (Å²) >= 11 is 0. The fraction of sp³-hybridized carbons (Fsp3) is 0.926. The number of carbonyl (C=O) groups is 2. The van der Waals surface area contributed by atoms with Crippen molar-refractivity contribution in [1.82, 2.24) is 10.4 Å². The van der Waals surface area contributed by atoms with Crippen molar-refractivity contribution in [2.24, 2.45) is 34.8 Å². The first kappa shape index (κ1) is 25.4. The smallest absolute Gasteiger partial charge is 0.249 e. The van der Waals surface area contributed by atoms with Crippen LogP contribution >= 0.6 is 0 Å². The third-order valence-electron chi connectivity index (χ3n) is 10.1. The maximum absolute atomic E-state index is 13.3. The summed E-state index contributed by atoms with van der Waals surface area (Å²) in [5.74, 6) is 0.390. The van der Waals surface area contributed by atoms with E-state index in [0.29, 0.717) is 37.2 Å². The van der Waals surface area contributed by atoms with Crippen LogP contribution in [-0.2, 0) is 19.2 Å². The Balaban J connectivity index is 1.09. The van der Waals surface area contributed by atoms with Crippen molar-refractivity contribution in [2.45, 2.75) is 102 Å². The maximum atomic E-state index is 13.3. The van der Waals surface area contributed by atoms with Gasteiger partial charge in [0.1, 0.15) is 0 Å². The van der Waals surface area contributed by atoms with Crippen molar-refractivity contribution in [3.05, 3.63) is 0 Å². The van der Waals surface area contributed by atoms with Crippen molar-refractivity contribution in [1.29, 1.82) is 0 Å². The van der Waals surface area contributed by atoms with Gasteiger partial charge in [0, 0.05) is 24.4 Å². The second kappa shape index (κ2) is 11.0. The zero-order chi connectivity index (χ0) is 24.4. The molecule has 0 aromatic heterocycles. The highest BCUT2D eigenvalue weighted by atomic mass is 16.7. The molecule has 5 fully saturated rings. The van der Waals surface area contributed by atoms with Crippen LogP contribution in [0, 0.1) is 29.1 Å². The van der Waals surface area contributed by atoms with Crippen LogP contribution < -0.4 is 11.2 Å². The number of fused-ring (bicyclic) bond motifs is 2. The quantitative estimate of drug-likeness (QED) is 0.509. The molecule has 6 unspecified atom stereocenters. The third-order valence-corrected chi connectivity index (χ3v) is 10.1. The lowest BCUT2D eigenvalue weighted by atomic mass is 9.63. The summed E-state index contributed by atoms with van der Waals surface area (Å²) in [5.41, 5.74) is 8.79. The predicted molar refractivity (Wildman–Crippen MR) is 131 cm³/mol. The van der Waals surface area contributed by atoms with Crippen LogP contribution in [0.15, 0.2) is 0 Å². The highest BCUT2D eigenvalue weighted by molar-refractivity contribution is 5.81. The summed E-state index contributed by atoms with van der Waals surface area (Å²) in [6, 6.07) is 0. The second-order valence-electron chi connectivity index (χ2n) is 12.1. The highest BCUT2D eigenvalue weighted by Crippen LogP contribution is 2.52. The lowest BCUT2D eigenvalue weighted by Crippen LogP contribution is -2.51. The first-order valence-electron chi connectivity index (χ1n) is 14.2. The average Bonchev–Trinajstić information content (AvgIpc) is 3.24. The van der Waals surface area contributed by atoms with Gasteiger partial charge in [-0.1, -0.05) is 19.3 Å². The molecule has 0 radical (unpaired) electrons. The van der Waals surface area contributed by atoms with Gasteiger partial charge in [-0.2, -0.15) is 0 Å². The van der Waals surface area contributed by atoms with Crippen molar-refractivity contribution in [3.63, 3.8) is 0 Å². The first-order chi connectivity index (χ1) is 17.0. The van der Waals surface area contributed by atoms with Crippen LogP contribution in [0.4, 0.5) is 0 Å². The third kappa shape index (κ3) is 5.41. The number of hydrogen-bond donors (Lipinski definition) is 3. The van der Waals surface area contributed by atoms with Crippen LogP contribution in [0.1, 0.15) is 83.5 Å². The standard InChI is InChI=1S/C27H45N3O5/c28-16-18-6-9-24-22(14-18)27(17-34-24)10-12-30(13-11-27)26(33)19-7-8-21(23(31)15-19)25(32)29-35-20-4-2-1-3-5-20/h18-24,31H,1-17,28H2,(H,29,32). The van der Waals surface area contributed by atoms with E-state index < -0.39 is 12.0 Å². The van der Waals surface area contributed by atoms with Crippen LogP contribution in [-0.4, -0.2) is 66.4 Å². The SMILES string of the molecule is NCC1CCC2OCC3(CCN(C(=O)C4CCC(C(=O)NOC5CCCCC5)C(O)C4)CC3)C2C1. The Labute approximate surface area is 209 Å². The minimum atomic E-state index is -0.803. The molecule has 2 amide bonds. The van der Waals surface area contributed by atoms with Gasteiger partial charge in [0.15, 0.2) is 0 Å². The van der Waals surface area contributed by atoms with Gasteiger partial charge in [-0.15, -0.1) is 0 Å².